The van der Waals surface area contributed by atoms with Crippen molar-refractivity contribution in [2.75, 3.05) is 12.8 Å². The van der Waals surface area contributed by atoms with Gasteiger partial charge in [-0.3, -0.25) is 0 Å². The van der Waals surface area contributed by atoms with Gasteiger partial charge in [-0.2, -0.15) is 0 Å². The first kappa shape index (κ1) is 14.9. The third kappa shape index (κ3) is 8.23. The van der Waals surface area contributed by atoms with Crippen molar-refractivity contribution in [3.8, 4) is 5.75 Å². The highest BCUT2D eigenvalue weighted by molar-refractivity contribution is 8.77. The number of nitrogens with zero attached hydrogens (tertiary/aromatic N) is 1. The van der Waals surface area contributed by atoms with Crippen molar-refractivity contribution >= 4 is 47.5 Å². The van der Waals surface area contributed by atoms with Crippen LogP contribution in [0.25, 0.3) is 0 Å². The van der Waals surface area contributed by atoms with Crippen LogP contribution in [0.4, 0.5) is 5.82 Å². The normalized spacial score (nSPS) is 10.1. The van der Waals surface area contributed by atoms with E-state index in [-0.39, 0.29) is 6.99 Å². The van der Waals surface area contributed by atoms with Crippen LogP contribution in [-0.2, 0) is 0 Å². The van der Waals surface area contributed by atoms with Crippen molar-refractivity contribution in [3.63, 3.8) is 0 Å². The molecule has 0 aliphatic rings. The molecule has 14 heavy (non-hydrogen) atoms. The van der Waals surface area contributed by atoms with Crippen molar-refractivity contribution in [2.24, 2.45) is 0 Å². The number of anilines is 1. The molecule has 0 fully saturated rings. The summed E-state index contributed by atoms with van der Waals surface area (Å²) >= 11 is 0. The lowest BCUT2D eigenvalue weighted by atomic mass is 10.4. The SMILES string of the molecule is COc1ccc(N)nc1.PPP(P)P. The Morgan fingerprint density at radius 1 is 1.50 bits per heavy atom. The Balaban J connectivity index is 0.000000292. The van der Waals surface area contributed by atoms with Crippen LogP contribution < -0.4 is 10.5 Å². The predicted octanol–water partition coefficient (Wildman–Crippen LogP) is 3.10. The molecule has 1 aromatic heterocycles. The van der Waals surface area contributed by atoms with E-state index in [1.807, 2.05) is 0 Å². The lowest BCUT2D eigenvalue weighted by molar-refractivity contribution is 0.413. The molecular weight excluding hydrogens is 271 g/mol. The zero-order valence-corrected chi connectivity index (χ0v) is 13.2. The van der Waals surface area contributed by atoms with Crippen LogP contribution in [0, 0.1) is 0 Å². The minimum absolute atomic E-state index is 0.226. The van der Waals surface area contributed by atoms with Gasteiger partial charge in [0, 0.05) is 0 Å². The summed E-state index contributed by atoms with van der Waals surface area (Å²) in [7, 11) is 10.8. The fourth-order valence-corrected chi connectivity index (χ4v) is 0.512. The molecule has 1 aromatic rings. The van der Waals surface area contributed by atoms with Crippen molar-refractivity contribution < 1.29 is 4.74 Å². The first-order valence-electron chi connectivity index (χ1n) is 3.61. The Kier molecular flexibility index (Phi) is 9.74. The number of aromatic nitrogens is 1. The second kappa shape index (κ2) is 9.15. The van der Waals surface area contributed by atoms with Gasteiger partial charge in [0.05, 0.1) is 13.3 Å². The van der Waals surface area contributed by atoms with Crippen molar-refractivity contribution in [1.82, 2.24) is 4.98 Å². The topological polar surface area (TPSA) is 48.1 Å². The fourth-order valence-electron chi connectivity index (χ4n) is 0.512. The van der Waals surface area contributed by atoms with Gasteiger partial charge in [0.1, 0.15) is 11.6 Å². The van der Waals surface area contributed by atoms with Gasteiger partial charge in [0.2, 0.25) is 0 Å². The van der Waals surface area contributed by atoms with Gasteiger partial charge in [0.15, 0.2) is 0 Å². The molecule has 80 valence electrons. The van der Waals surface area contributed by atoms with E-state index in [1.165, 1.54) is 0 Å². The highest BCUT2D eigenvalue weighted by Crippen LogP contribution is 2.71. The molecule has 0 saturated heterocycles. The van der Waals surface area contributed by atoms with E-state index in [0.29, 0.717) is 5.82 Å². The third-order valence-electron chi connectivity index (χ3n) is 1.14. The monoisotopic (exact) mass is 286 g/mol. The molecule has 0 saturated carbocycles. The number of hydrogen-bond donors (Lipinski definition) is 1. The summed E-state index contributed by atoms with van der Waals surface area (Å²) in [5, 5.41) is 0. The molecule has 0 aliphatic heterocycles. The summed E-state index contributed by atoms with van der Waals surface area (Å²) in [4.78, 5) is 3.80. The first-order valence-corrected chi connectivity index (χ1v) is 11.8. The Hall–Kier alpha value is 0.900. The van der Waals surface area contributed by atoms with Crippen LogP contribution >= 0.6 is 41.7 Å². The Morgan fingerprint density at radius 2 is 2.07 bits per heavy atom. The molecule has 0 bridgehead atoms. The van der Waals surface area contributed by atoms with Crippen LogP contribution in [-0.4, -0.2) is 12.1 Å². The van der Waals surface area contributed by atoms with E-state index in [0.717, 1.165) is 13.7 Å². The minimum Gasteiger partial charge on any atom is -0.495 e. The number of methoxy groups -OCH3 is 1. The molecule has 0 aliphatic carbocycles. The van der Waals surface area contributed by atoms with Gasteiger partial charge in [-0.15, -0.1) is 26.8 Å². The molecule has 0 amide bonds. The van der Waals surface area contributed by atoms with Gasteiger partial charge in [-0.1, -0.05) is 7.96 Å². The second-order valence-corrected chi connectivity index (χ2v) is 16.1. The summed E-state index contributed by atoms with van der Waals surface area (Å²) in [6, 6.07) is 3.46. The zero-order chi connectivity index (χ0) is 11.0. The van der Waals surface area contributed by atoms with E-state index in [2.05, 4.69) is 31.8 Å². The van der Waals surface area contributed by atoms with E-state index in [1.54, 1.807) is 25.4 Å². The Labute approximate surface area is 94.5 Å². The van der Waals surface area contributed by atoms with Gasteiger partial charge < -0.3 is 10.5 Å². The number of pyridine rings is 1. The third-order valence-corrected chi connectivity index (χ3v) is 13.1. The standard InChI is InChI=1S/C6H8N2O.H7P5/c1-9-5-2-3-6(7)8-4-5;1-4-5(2)3/h2-4H,1H3,(H2,7,8);4H,1-3H2. The van der Waals surface area contributed by atoms with Crippen molar-refractivity contribution in [1.29, 1.82) is 0 Å². The number of nitrogens with two attached hydrogens (primary N) is 1. The van der Waals surface area contributed by atoms with Crippen LogP contribution in [0.2, 0.25) is 0 Å². The highest BCUT2D eigenvalue weighted by Gasteiger charge is 1.87. The second-order valence-electron chi connectivity index (χ2n) is 2.16. The highest BCUT2D eigenvalue weighted by atomic mass is 32.8. The maximum absolute atomic E-state index is 5.31. The molecule has 0 aromatic carbocycles. The average molecular weight is 286 g/mol. The fraction of sp³-hybridized carbons (Fsp3) is 0.167. The van der Waals surface area contributed by atoms with E-state index >= 15 is 0 Å². The summed E-state index contributed by atoms with van der Waals surface area (Å²) in [6.07, 6.45) is 1.58. The van der Waals surface area contributed by atoms with Crippen LogP contribution in [0.1, 0.15) is 0 Å². The van der Waals surface area contributed by atoms with Crippen LogP contribution in [0.3, 0.4) is 0 Å². The molecule has 4 atom stereocenters. The maximum atomic E-state index is 5.31. The number of hydrogen-bond acceptors (Lipinski definition) is 3. The lowest BCUT2D eigenvalue weighted by Crippen LogP contribution is -1.89. The zero-order valence-electron chi connectivity index (χ0n) is 7.84. The van der Waals surface area contributed by atoms with Crippen LogP contribution in [0.15, 0.2) is 18.3 Å². The maximum Gasteiger partial charge on any atom is 0.137 e. The summed E-state index contributed by atoms with van der Waals surface area (Å²) in [6.45, 7) is 0.226. The number of nitrogen functional groups attached to an aromatic ring is 1. The van der Waals surface area contributed by atoms with Crippen molar-refractivity contribution in [2.45, 2.75) is 0 Å². The number of ether oxygens (including phenoxy) is 1. The molecule has 1 rings (SSSR count). The van der Waals surface area contributed by atoms with Gasteiger partial charge >= 0.3 is 0 Å². The van der Waals surface area contributed by atoms with Crippen molar-refractivity contribution in [3.05, 3.63) is 18.3 Å². The summed E-state index contributed by atoms with van der Waals surface area (Å²) in [5.41, 5.74) is 5.31. The average Bonchev–Trinajstić information content (AvgIpc) is 2.20. The largest absolute Gasteiger partial charge is 0.495 e. The molecule has 0 radical (unpaired) electrons. The van der Waals surface area contributed by atoms with E-state index in [9.17, 15) is 0 Å². The summed E-state index contributed by atoms with van der Waals surface area (Å²) < 4.78 is 4.85. The molecular formula is C6H15N2OP5. The predicted molar refractivity (Wildman–Crippen MR) is 79.6 cm³/mol. The van der Waals surface area contributed by atoms with E-state index in [4.69, 9.17) is 10.5 Å². The smallest absolute Gasteiger partial charge is 0.137 e. The Bertz CT molecular complexity index is 242. The molecule has 4 unspecified atom stereocenters. The Morgan fingerprint density at radius 3 is 2.36 bits per heavy atom. The van der Waals surface area contributed by atoms with Crippen LogP contribution in [0.5, 0.6) is 5.75 Å². The lowest BCUT2D eigenvalue weighted by Gasteiger charge is -1.96. The van der Waals surface area contributed by atoms with E-state index < -0.39 is 0 Å². The number of rotatable bonds is 2. The quantitative estimate of drug-likeness (QED) is 0.850. The first-order chi connectivity index (χ1) is 6.60. The molecule has 1 heterocycles. The molecule has 8 heteroatoms. The van der Waals surface area contributed by atoms with Gasteiger partial charge in [-0.25, -0.2) is 4.98 Å². The molecule has 0 spiro atoms. The molecule has 3 nitrogen and oxygen atoms in total. The van der Waals surface area contributed by atoms with Gasteiger partial charge in [-0.05, 0) is 19.1 Å². The minimum atomic E-state index is 0.226. The summed E-state index contributed by atoms with van der Waals surface area (Å²) in [5.74, 6) is 1.24. The molecule has 2 N–H and O–H groups in total. The van der Waals surface area contributed by atoms with Gasteiger partial charge in [0.25, 0.3) is 0 Å².